The van der Waals surface area contributed by atoms with Crippen molar-refractivity contribution in [3.05, 3.63) is 29.8 Å². The highest BCUT2D eigenvalue weighted by atomic mass is 16.5. The van der Waals surface area contributed by atoms with Gasteiger partial charge in [0.25, 0.3) is 0 Å². The Bertz CT molecular complexity index is 652. The van der Waals surface area contributed by atoms with E-state index < -0.39 is 0 Å². The van der Waals surface area contributed by atoms with Crippen LogP contribution in [0.3, 0.4) is 0 Å². The lowest BCUT2D eigenvalue weighted by atomic mass is 9.99. The van der Waals surface area contributed by atoms with E-state index in [9.17, 15) is 4.79 Å². The molecule has 1 fully saturated rings. The second-order valence-electron chi connectivity index (χ2n) is 8.28. The summed E-state index contributed by atoms with van der Waals surface area (Å²) in [4.78, 5) is 20.5. The third-order valence-corrected chi connectivity index (χ3v) is 5.56. The van der Waals surface area contributed by atoms with Crippen molar-refractivity contribution in [2.24, 2.45) is 10.9 Å². The Morgan fingerprint density at radius 1 is 1.17 bits per heavy atom. The Hall–Kier alpha value is -2.28. The van der Waals surface area contributed by atoms with Crippen LogP contribution >= 0.6 is 0 Å². The molecule has 0 bridgehead atoms. The summed E-state index contributed by atoms with van der Waals surface area (Å²) in [6, 6.07) is 8.08. The number of nitrogens with one attached hydrogen (secondary N) is 2. The molecular formula is C23H39N5O2. The molecule has 2 rings (SSSR count). The number of guanidine groups is 1. The third-order valence-electron chi connectivity index (χ3n) is 5.56. The number of carbonyl (C=O) groups excluding carboxylic acids is 1. The van der Waals surface area contributed by atoms with Gasteiger partial charge in [0.05, 0.1) is 7.11 Å². The summed E-state index contributed by atoms with van der Waals surface area (Å²) in [7, 11) is 5.18. The van der Waals surface area contributed by atoms with Gasteiger partial charge in [0.2, 0.25) is 5.91 Å². The molecule has 1 aliphatic heterocycles. The van der Waals surface area contributed by atoms with Crippen LogP contribution in [0.5, 0.6) is 5.75 Å². The zero-order valence-corrected chi connectivity index (χ0v) is 19.1. The van der Waals surface area contributed by atoms with E-state index in [-0.39, 0.29) is 12.5 Å². The number of likely N-dealkylation sites (tertiary alicyclic amines) is 1. The van der Waals surface area contributed by atoms with Gasteiger partial charge in [0.15, 0.2) is 5.96 Å². The Kier molecular flexibility index (Phi) is 10.5. The molecule has 7 heteroatoms. The molecule has 1 aliphatic rings. The Morgan fingerprint density at radius 3 is 2.47 bits per heavy atom. The molecule has 1 heterocycles. The fourth-order valence-corrected chi connectivity index (χ4v) is 3.37. The van der Waals surface area contributed by atoms with Gasteiger partial charge in [-0.05, 0) is 68.9 Å². The lowest BCUT2D eigenvalue weighted by Gasteiger charge is -2.30. The standard InChI is InChI=1S/C23H39N5O2/c1-19-11-16-28(17-12-19)15-5-13-24-23(26-18-22(29)27(2)3)25-14-10-20-6-8-21(30-4)9-7-20/h6-9,19H,5,10-18H2,1-4H3,(H2,24,25,26). The van der Waals surface area contributed by atoms with Crippen LogP contribution < -0.4 is 15.4 Å². The fourth-order valence-electron chi connectivity index (χ4n) is 3.37. The van der Waals surface area contributed by atoms with Crippen LogP contribution in [0.1, 0.15) is 31.7 Å². The Morgan fingerprint density at radius 2 is 1.83 bits per heavy atom. The van der Waals surface area contributed by atoms with Crippen molar-refractivity contribution < 1.29 is 9.53 Å². The number of hydrogen-bond donors (Lipinski definition) is 2. The van der Waals surface area contributed by atoms with Gasteiger partial charge in [-0.25, -0.2) is 4.99 Å². The number of benzene rings is 1. The molecule has 7 nitrogen and oxygen atoms in total. The zero-order valence-electron chi connectivity index (χ0n) is 19.1. The number of methoxy groups -OCH3 is 1. The van der Waals surface area contributed by atoms with Crippen molar-refractivity contribution in [1.29, 1.82) is 0 Å². The van der Waals surface area contributed by atoms with E-state index in [4.69, 9.17) is 4.74 Å². The minimum Gasteiger partial charge on any atom is -0.497 e. The van der Waals surface area contributed by atoms with Gasteiger partial charge in [-0.2, -0.15) is 0 Å². The maximum atomic E-state index is 11.9. The number of aliphatic imine (C=N–C) groups is 1. The second-order valence-corrected chi connectivity index (χ2v) is 8.28. The van der Waals surface area contributed by atoms with Crippen molar-refractivity contribution in [2.75, 3.05) is 60.5 Å². The molecule has 30 heavy (non-hydrogen) atoms. The van der Waals surface area contributed by atoms with E-state index in [2.05, 4.69) is 39.6 Å². The van der Waals surface area contributed by atoms with Crippen LogP contribution in [-0.2, 0) is 11.2 Å². The van der Waals surface area contributed by atoms with E-state index in [1.807, 2.05) is 12.1 Å². The van der Waals surface area contributed by atoms with Crippen molar-refractivity contribution in [3.63, 3.8) is 0 Å². The van der Waals surface area contributed by atoms with Crippen LogP contribution in [0.4, 0.5) is 0 Å². The second kappa shape index (κ2) is 13.1. The maximum absolute atomic E-state index is 11.9. The first-order valence-corrected chi connectivity index (χ1v) is 11.1. The van der Waals surface area contributed by atoms with Crippen LogP contribution in [0.2, 0.25) is 0 Å². The third kappa shape index (κ3) is 9.03. The number of rotatable bonds is 10. The molecule has 2 N–H and O–H groups in total. The number of nitrogens with zero attached hydrogens (tertiary/aromatic N) is 3. The minimum absolute atomic E-state index is 0.00584. The van der Waals surface area contributed by atoms with Crippen LogP contribution in [0, 0.1) is 5.92 Å². The molecule has 0 aliphatic carbocycles. The number of piperidine rings is 1. The summed E-state index contributed by atoms with van der Waals surface area (Å²) in [6.07, 6.45) is 4.55. The molecule has 0 radical (unpaired) electrons. The molecule has 0 atom stereocenters. The first-order chi connectivity index (χ1) is 14.5. The highest BCUT2D eigenvalue weighted by molar-refractivity contribution is 5.84. The first-order valence-electron chi connectivity index (χ1n) is 11.1. The molecule has 0 unspecified atom stereocenters. The number of hydrogen-bond acceptors (Lipinski definition) is 4. The first kappa shape index (κ1) is 24.0. The van der Waals surface area contributed by atoms with Crippen molar-refractivity contribution >= 4 is 11.9 Å². The van der Waals surface area contributed by atoms with Crippen LogP contribution in [-0.4, -0.2) is 82.1 Å². The van der Waals surface area contributed by atoms with Gasteiger partial charge in [-0.15, -0.1) is 0 Å². The zero-order chi connectivity index (χ0) is 21.8. The topological polar surface area (TPSA) is 69.2 Å². The predicted molar refractivity (Wildman–Crippen MR) is 123 cm³/mol. The normalized spacial score (nSPS) is 15.7. The van der Waals surface area contributed by atoms with Gasteiger partial charge >= 0.3 is 0 Å². The largest absolute Gasteiger partial charge is 0.497 e. The molecule has 1 aromatic carbocycles. The maximum Gasteiger partial charge on any atom is 0.243 e. The summed E-state index contributed by atoms with van der Waals surface area (Å²) >= 11 is 0. The van der Waals surface area contributed by atoms with Gasteiger partial charge in [-0.1, -0.05) is 19.1 Å². The van der Waals surface area contributed by atoms with E-state index in [1.54, 1.807) is 26.1 Å². The van der Waals surface area contributed by atoms with E-state index in [0.717, 1.165) is 44.1 Å². The van der Waals surface area contributed by atoms with Crippen LogP contribution in [0.15, 0.2) is 29.3 Å². The van der Waals surface area contributed by atoms with Crippen molar-refractivity contribution in [3.8, 4) is 5.75 Å². The highest BCUT2D eigenvalue weighted by Crippen LogP contribution is 2.15. The quantitative estimate of drug-likeness (QED) is 0.346. The molecule has 0 aromatic heterocycles. The summed E-state index contributed by atoms with van der Waals surface area (Å²) in [5.74, 6) is 2.42. The van der Waals surface area contributed by atoms with Gasteiger partial charge < -0.3 is 25.2 Å². The number of carbonyl (C=O) groups is 1. The molecule has 1 saturated heterocycles. The molecule has 1 aromatic rings. The lowest BCUT2D eigenvalue weighted by Crippen LogP contribution is -2.41. The highest BCUT2D eigenvalue weighted by Gasteiger charge is 2.14. The van der Waals surface area contributed by atoms with Crippen molar-refractivity contribution in [2.45, 2.75) is 32.6 Å². The molecule has 1 amide bonds. The smallest absolute Gasteiger partial charge is 0.243 e. The lowest BCUT2D eigenvalue weighted by molar-refractivity contribution is -0.127. The van der Waals surface area contributed by atoms with Gasteiger partial charge in [0.1, 0.15) is 12.3 Å². The van der Waals surface area contributed by atoms with E-state index in [1.165, 1.54) is 31.5 Å². The summed E-state index contributed by atoms with van der Waals surface area (Å²) in [5.41, 5.74) is 1.23. The predicted octanol–water partition coefficient (Wildman–Crippen LogP) is 1.98. The molecule has 168 valence electrons. The average Bonchev–Trinajstić information content (AvgIpc) is 2.75. The van der Waals surface area contributed by atoms with Crippen LogP contribution in [0.25, 0.3) is 0 Å². The number of likely N-dealkylation sites (N-methyl/N-ethyl adjacent to an activating group) is 1. The average molecular weight is 418 g/mol. The van der Waals surface area contributed by atoms with E-state index >= 15 is 0 Å². The van der Waals surface area contributed by atoms with Gasteiger partial charge in [0, 0.05) is 27.2 Å². The number of amides is 1. The Balaban J connectivity index is 1.77. The summed E-state index contributed by atoms with van der Waals surface area (Å²) in [6.45, 7) is 7.60. The van der Waals surface area contributed by atoms with E-state index in [0.29, 0.717) is 5.96 Å². The molecular weight excluding hydrogens is 378 g/mol. The SMILES string of the molecule is COc1ccc(CCNC(=NCC(=O)N(C)C)NCCCN2CCC(C)CC2)cc1. The molecule has 0 saturated carbocycles. The molecule has 0 spiro atoms. The monoisotopic (exact) mass is 417 g/mol. The fraction of sp³-hybridized carbons (Fsp3) is 0.652. The van der Waals surface area contributed by atoms with Gasteiger partial charge in [-0.3, -0.25) is 4.79 Å². The van der Waals surface area contributed by atoms with Crippen molar-refractivity contribution in [1.82, 2.24) is 20.4 Å². The Labute approximate surface area is 181 Å². The summed E-state index contributed by atoms with van der Waals surface area (Å²) in [5, 5.41) is 6.75. The minimum atomic E-state index is -0.00584. The summed E-state index contributed by atoms with van der Waals surface area (Å²) < 4.78 is 5.21. The number of ether oxygens (including phenoxy) is 1.